The van der Waals surface area contributed by atoms with E-state index in [2.05, 4.69) is 19.3 Å². The molecule has 3 nitrogen and oxygen atoms in total. The number of carbonyl (C=O) groups is 1. The van der Waals surface area contributed by atoms with Crippen LogP contribution >= 0.6 is 0 Å². The number of nitrogens with one attached hydrogen (secondary N) is 1. The summed E-state index contributed by atoms with van der Waals surface area (Å²) < 4.78 is 0. The second-order valence-electron chi connectivity index (χ2n) is 5.30. The molecule has 0 radical (unpaired) electrons. The Hall–Kier alpha value is -1.51. The Morgan fingerprint density at radius 3 is 1.89 bits per heavy atom. The summed E-state index contributed by atoms with van der Waals surface area (Å²) in [5.74, 6) is 0.0707. The summed E-state index contributed by atoms with van der Waals surface area (Å²) in [4.78, 5) is 11.9. The van der Waals surface area contributed by atoms with Crippen LogP contribution in [0.5, 0.6) is 0 Å². The minimum atomic E-state index is -0.400. The van der Waals surface area contributed by atoms with Crippen LogP contribution in [0.25, 0.3) is 0 Å². The maximum atomic E-state index is 11.9. The Morgan fingerprint density at radius 1 is 1.00 bits per heavy atom. The van der Waals surface area contributed by atoms with Gasteiger partial charge < -0.3 is 0 Å². The molecule has 0 bridgehead atoms. The van der Waals surface area contributed by atoms with Crippen LogP contribution in [-0.2, 0) is 4.79 Å². The van der Waals surface area contributed by atoms with Crippen LogP contribution in [0.15, 0.2) is 30.3 Å². The summed E-state index contributed by atoms with van der Waals surface area (Å²) >= 11 is 0. The van der Waals surface area contributed by atoms with E-state index in [1.165, 1.54) is 0 Å². The fourth-order valence-electron chi connectivity index (χ4n) is 1.90. The van der Waals surface area contributed by atoms with Gasteiger partial charge in [0.15, 0.2) is 0 Å². The van der Waals surface area contributed by atoms with Crippen LogP contribution in [0.4, 0.5) is 5.69 Å². The second kappa shape index (κ2) is 5.01. The number of carbonyl (C=O) groups excluding carboxylic acids is 1. The monoisotopic (exact) mass is 248 g/mol. The van der Waals surface area contributed by atoms with E-state index >= 15 is 0 Å². The van der Waals surface area contributed by atoms with Crippen molar-refractivity contribution in [2.24, 2.45) is 5.41 Å². The predicted molar refractivity (Wildman–Crippen MR) is 76.3 cm³/mol. The van der Waals surface area contributed by atoms with Gasteiger partial charge in [0.2, 0.25) is 5.91 Å². The minimum Gasteiger partial charge on any atom is -0.279 e. The van der Waals surface area contributed by atoms with Crippen molar-refractivity contribution in [2.45, 2.75) is 47.1 Å². The summed E-state index contributed by atoms with van der Waals surface area (Å²) in [6, 6.07) is 9.93. The maximum Gasteiger partial charge on any atom is 0.246 e. The van der Waals surface area contributed by atoms with Crippen LogP contribution in [0.1, 0.15) is 41.5 Å². The molecule has 0 aliphatic carbocycles. The lowest BCUT2D eigenvalue weighted by Gasteiger charge is -2.38. The van der Waals surface area contributed by atoms with Gasteiger partial charge in [-0.15, -0.1) is 0 Å². The molecule has 0 unspecified atom stereocenters. The number of para-hydroxylation sites is 1. The molecule has 18 heavy (non-hydrogen) atoms. The zero-order valence-electron chi connectivity index (χ0n) is 12.2. The van der Waals surface area contributed by atoms with Crippen molar-refractivity contribution in [2.75, 3.05) is 5.01 Å². The summed E-state index contributed by atoms with van der Waals surface area (Å²) in [5, 5.41) is 1.95. The topological polar surface area (TPSA) is 32.3 Å². The van der Waals surface area contributed by atoms with E-state index in [1.807, 2.05) is 63.0 Å². The van der Waals surface area contributed by atoms with Gasteiger partial charge in [-0.25, -0.2) is 0 Å². The van der Waals surface area contributed by atoms with Crippen LogP contribution in [0.3, 0.4) is 0 Å². The first-order valence-electron chi connectivity index (χ1n) is 6.54. The summed E-state index contributed by atoms with van der Waals surface area (Å²) in [7, 11) is 0. The standard InChI is InChI=1S/C13H18N2O.C2H6/c1-12(2)11(16)14-15(13(12,3)4)10-8-6-5-7-9-10;1-2/h5-9H,1-4H3,(H,14,16);1-2H3. The largest absolute Gasteiger partial charge is 0.279 e. The van der Waals surface area contributed by atoms with E-state index in [0.29, 0.717) is 0 Å². The zero-order valence-corrected chi connectivity index (χ0v) is 12.2. The summed E-state index contributed by atoms with van der Waals surface area (Å²) in [5.41, 5.74) is 3.32. The smallest absolute Gasteiger partial charge is 0.246 e. The highest BCUT2D eigenvalue weighted by Crippen LogP contribution is 2.42. The molecule has 1 N–H and O–H groups in total. The number of rotatable bonds is 1. The highest BCUT2D eigenvalue weighted by atomic mass is 16.2. The molecule has 3 heteroatoms. The zero-order chi connectivity index (χ0) is 14.0. The molecule has 1 saturated heterocycles. The van der Waals surface area contributed by atoms with E-state index in [0.717, 1.165) is 5.69 Å². The Morgan fingerprint density at radius 2 is 1.50 bits per heavy atom. The fraction of sp³-hybridized carbons (Fsp3) is 0.533. The van der Waals surface area contributed by atoms with Gasteiger partial charge in [-0.2, -0.15) is 0 Å². The van der Waals surface area contributed by atoms with Gasteiger partial charge in [-0.05, 0) is 39.8 Å². The van der Waals surface area contributed by atoms with E-state index < -0.39 is 5.41 Å². The first-order chi connectivity index (χ1) is 8.37. The Labute approximate surface area is 110 Å². The SMILES string of the molecule is CC.CC1(C)C(=O)NN(c2ccccc2)C1(C)C. The number of anilines is 1. The Balaban J connectivity index is 0.000000771. The average molecular weight is 248 g/mol. The molecule has 1 aromatic carbocycles. The molecule has 0 aromatic heterocycles. The molecular weight excluding hydrogens is 224 g/mol. The van der Waals surface area contributed by atoms with Gasteiger partial charge in [-0.1, -0.05) is 32.0 Å². The van der Waals surface area contributed by atoms with E-state index in [4.69, 9.17) is 0 Å². The molecule has 0 saturated carbocycles. The third kappa shape index (κ3) is 2.09. The molecule has 0 atom stereocenters. The highest BCUT2D eigenvalue weighted by molar-refractivity contribution is 5.89. The van der Waals surface area contributed by atoms with Crippen LogP contribution in [0, 0.1) is 5.41 Å². The second-order valence-corrected chi connectivity index (χ2v) is 5.30. The van der Waals surface area contributed by atoms with Crippen molar-refractivity contribution in [3.8, 4) is 0 Å². The fourth-order valence-corrected chi connectivity index (χ4v) is 1.90. The predicted octanol–water partition coefficient (Wildman–Crippen LogP) is 3.37. The minimum absolute atomic E-state index is 0.0707. The average Bonchev–Trinajstić information content (AvgIpc) is 2.53. The number of nitrogens with zero attached hydrogens (tertiary/aromatic N) is 1. The van der Waals surface area contributed by atoms with Gasteiger partial charge in [-0.3, -0.25) is 15.2 Å². The lowest BCUT2D eigenvalue weighted by molar-refractivity contribution is -0.127. The molecule has 1 fully saturated rings. The molecule has 0 spiro atoms. The third-order valence-corrected chi connectivity index (χ3v) is 3.88. The lowest BCUT2D eigenvalue weighted by Crippen LogP contribution is -2.49. The van der Waals surface area contributed by atoms with Gasteiger partial charge in [0.25, 0.3) is 0 Å². The first-order valence-corrected chi connectivity index (χ1v) is 6.54. The van der Waals surface area contributed by atoms with Crippen molar-refractivity contribution in [1.29, 1.82) is 0 Å². The number of hydrogen-bond donors (Lipinski definition) is 1. The first kappa shape index (κ1) is 14.6. The van der Waals surface area contributed by atoms with Gasteiger partial charge in [0.1, 0.15) is 0 Å². The normalized spacial score (nSPS) is 19.9. The van der Waals surface area contributed by atoms with E-state index in [1.54, 1.807) is 0 Å². The molecule has 1 amide bonds. The van der Waals surface area contributed by atoms with E-state index in [-0.39, 0.29) is 11.4 Å². The number of hydrazine groups is 1. The number of benzene rings is 1. The van der Waals surface area contributed by atoms with Crippen LogP contribution in [-0.4, -0.2) is 11.4 Å². The van der Waals surface area contributed by atoms with Crippen molar-refractivity contribution in [3.63, 3.8) is 0 Å². The number of amides is 1. The van der Waals surface area contributed by atoms with Crippen LogP contribution in [0.2, 0.25) is 0 Å². The van der Waals surface area contributed by atoms with Crippen LogP contribution < -0.4 is 10.4 Å². The molecule has 2 rings (SSSR count). The van der Waals surface area contributed by atoms with Crippen molar-refractivity contribution < 1.29 is 4.79 Å². The Bertz CT molecular complexity index is 410. The highest BCUT2D eigenvalue weighted by Gasteiger charge is 2.53. The van der Waals surface area contributed by atoms with Crippen molar-refractivity contribution >= 4 is 11.6 Å². The van der Waals surface area contributed by atoms with Gasteiger partial charge in [0.05, 0.1) is 16.6 Å². The molecule has 1 aliphatic heterocycles. The van der Waals surface area contributed by atoms with Crippen molar-refractivity contribution in [1.82, 2.24) is 5.43 Å². The molecule has 1 aromatic rings. The number of hydrogen-bond acceptors (Lipinski definition) is 2. The summed E-state index contributed by atoms with van der Waals surface area (Å²) in [6.45, 7) is 12.1. The third-order valence-electron chi connectivity index (χ3n) is 3.88. The van der Waals surface area contributed by atoms with Gasteiger partial charge in [0, 0.05) is 0 Å². The Kier molecular flexibility index (Phi) is 4.05. The summed E-state index contributed by atoms with van der Waals surface area (Å²) in [6.07, 6.45) is 0. The molecule has 1 aliphatic rings. The molecular formula is C15H24N2O. The van der Waals surface area contributed by atoms with E-state index in [9.17, 15) is 4.79 Å². The quantitative estimate of drug-likeness (QED) is 0.826. The lowest BCUT2D eigenvalue weighted by atomic mass is 9.75. The van der Waals surface area contributed by atoms with Gasteiger partial charge >= 0.3 is 0 Å². The molecule has 100 valence electrons. The maximum absolute atomic E-state index is 11.9. The molecule has 1 heterocycles. The van der Waals surface area contributed by atoms with Crippen molar-refractivity contribution in [3.05, 3.63) is 30.3 Å².